The average molecular weight is 247 g/mol. The van der Waals surface area contributed by atoms with Crippen molar-refractivity contribution in [3.8, 4) is 0 Å². The van der Waals surface area contributed by atoms with Crippen LogP contribution in [0.25, 0.3) is 0 Å². The van der Waals surface area contributed by atoms with Crippen LogP contribution in [0.3, 0.4) is 0 Å². The quantitative estimate of drug-likeness (QED) is 0.849. The Kier molecular flexibility index (Phi) is 3.22. The van der Waals surface area contributed by atoms with Crippen molar-refractivity contribution in [2.75, 3.05) is 25.1 Å². The zero-order valence-corrected chi connectivity index (χ0v) is 10.7. The Bertz CT molecular complexity index is 427. The molecule has 0 spiro atoms. The molecule has 0 aromatic carbocycles. The molecule has 18 heavy (non-hydrogen) atoms. The van der Waals surface area contributed by atoms with Crippen molar-refractivity contribution in [3.05, 3.63) is 23.4 Å². The first-order chi connectivity index (χ1) is 8.81. The third kappa shape index (κ3) is 2.22. The number of aromatic nitrogens is 1. The van der Waals surface area contributed by atoms with Crippen LogP contribution in [-0.4, -0.2) is 30.3 Å². The van der Waals surface area contributed by atoms with Crippen LogP contribution in [0.2, 0.25) is 0 Å². The molecule has 0 radical (unpaired) electrons. The van der Waals surface area contributed by atoms with Gasteiger partial charge in [0, 0.05) is 25.5 Å². The standard InChI is InChI=1S/C14H21N3O/c15-10-14(6-8-18-9-7-14)17-13-5-4-11-2-1-3-12(11)16-13/h4-5H,1-3,6-10,15H2,(H,16,17). The SMILES string of the molecule is NCC1(Nc2ccc3c(n2)CCC3)CCOCC1. The second-order valence-electron chi connectivity index (χ2n) is 5.38. The Morgan fingerprint density at radius 2 is 2.11 bits per heavy atom. The Morgan fingerprint density at radius 1 is 1.28 bits per heavy atom. The fourth-order valence-corrected chi connectivity index (χ4v) is 2.90. The molecule has 1 fully saturated rings. The van der Waals surface area contributed by atoms with Crippen LogP contribution in [0.5, 0.6) is 0 Å². The van der Waals surface area contributed by atoms with E-state index in [1.807, 2.05) is 0 Å². The Labute approximate surface area is 108 Å². The van der Waals surface area contributed by atoms with Gasteiger partial charge in [-0.05, 0) is 43.7 Å². The second kappa shape index (κ2) is 4.86. The molecule has 98 valence electrons. The fraction of sp³-hybridized carbons (Fsp3) is 0.643. The van der Waals surface area contributed by atoms with E-state index in [-0.39, 0.29) is 5.54 Å². The normalized spacial score (nSPS) is 21.6. The molecule has 1 aromatic heterocycles. The summed E-state index contributed by atoms with van der Waals surface area (Å²) in [5.41, 5.74) is 8.60. The van der Waals surface area contributed by atoms with E-state index in [1.165, 1.54) is 24.1 Å². The lowest BCUT2D eigenvalue weighted by atomic mass is 9.90. The number of pyridine rings is 1. The number of nitrogens with two attached hydrogens (primary N) is 1. The second-order valence-corrected chi connectivity index (χ2v) is 5.38. The molecule has 0 saturated carbocycles. The van der Waals surface area contributed by atoms with Gasteiger partial charge in [-0.25, -0.2) is 4.98 Å². The summed E-state index contributed by atoms with van der Waals surface area (Å²) in [4.78, 5) is 4.73. The molecule has 1 saturated heterocycles. The van der Waals surface area contributed by atoms with Gasteiger partial charge < -0.3 is 15.8 Å². The molecule has 0 bridgehead atoms. The van der Waals surface area contributed by atoms with Gasteiger partial charge in [0.05, 0.1) is 5.54 Å². The van der Waals surface area contributed by atoms with Crippen LogP contribution >= 0.6 is 0 Å². The van der Waals surface area contributed by atoms with Gasteiger partial charge in [-0.2, -0.15) is 0 Å². The maximum atomic E-state index is 5.95. The van der Waals surface area contributed by atoms with E-state index in [0.717, 1.165) is 38.3 Å². The van der Waals surface area contributed by atoms with Crippen molar-refractivity contribution in [2.24, 2.45) is 5.73 Å². The Hall–Kier alpha value is -1.13. The lowest BCUT2D eigenvalue weighted by Gasteiger charge is -2.37. The molecular weight excluding hydrogens is 226 g/mol. The highest BCUT2D eigenvalue weighted by Gasteiger charge is 2.31. The highest BCUT2D eigenvalue weighted by molar-refractivity contribution is 5.43. The van der Waals surface area contributed by atoms with Crippen molar-refractivity contribution < 1.29 is 4.74 Å². The number of nitrogens with zero attached hydrogens (tertiary/aromatic N) is 1. The van der Waals surface area contributed by atoms with Gasteiger partial charge in [0.25, 0.3) is 0 Å². The van der Waals surface area contributed by atoms with Gasteiger partial charge >= 0.3 is 0 Å². The number of anilines is 1. The molecule has 2 aliphatic rings. The number of aryl methyl sites for hydroxylation is 2. The largest absolute Gasteiger partial charge is 0.381 e. The highest BCUT2D eigenvalue weighted by Crippen LogP contribution is 2.27. The first-order valence-electron chi connectivity index (χ1n) is 6.86. The Morgan fingerprint density at radius 3 is 2.89 bits per heavy atom. The van der Waals surface area contributed by atoms with Gasteiger partial charge in [0.1, 0.15) is 5.82 Å². The maximum Gasteiger partial charge on any atom is 0.126 e. The highest BCUT2D eigenvalue weighted by atomic mass is 16.5. The maximum absolute atomic E-state index is 5.95. The van der Waals surface area contributed by atoms with Crippen LogP contribution in [-0.2, 0) is 17.6 Å². The van der Waals surface area contributed by atoms with Crippen molar-refractivity contribution in [3.63, 3.8) is 0 Å². The number of fused-ring (bicyclic) bond motifs is 1. The molecule has 1 aliphatic heterocycles. The first kappa shape index (κ1) is 11.9. The molecule has 0 amide bonds. The molecule has 3 N–H and O–H groups in total. The van der Waals surface area contributed by atoms with Crippen LogP contribution in [0.1, 0.15) is 30.5 Å². The molecule has 0 atom stereocenters. The third-order valence-corrected chi connectivity index (χ3v) is 4.16. The zero-order valence-electron chi connectivity index (χ0n) is 10.7. The monoisotopic (exact) mass is 247 g/mol. The predicted molar refractivity (Wildman–Crippen MR) is 71.7 cm³/mol. The minimum absolute atomic E-state index is 0.0297. The van der Waals surface area contributed by atoms with Crippen LogP contribution in [0, 0.1) is 0 Å². The molecule has 4 nitrogen and oxygen atoms in total. The zero-order chi connectivity index (χ0) is 12.4. The number of nitrogens with one attached hydrogen (secondary N) is 1. The lowest BCUT2D eigenvalue weighted by Crippen LogP contribution is -2.49. The van der Waals surface area contributed by atoms with E-state index in [0.29, 0.717) is 6.54 Å². The van der Waals surface area contributed by atoms with Gasteiger partial charge in [-0.15, -0.1) is 0 Å². The smallest absolute Gasteiger partial charge is 0.126 e. The summed E-state index contributed by atoms with van der Waals surface area (Å²) < 4.78 is 5.42. The topological polar surface area (TPSA) is 60.2 Å². The van der Waals surface area contributed by atoms with E-state index in [4.69, 9.17) is 15.5 Å². The molecule has 3 rings (SSSR count). The van der Waals surface area contributed by atoms with Crippen molar-refractivity contribution in [1.29, 1.82) is 0 Å². The molecule has 0 unspecified atom stereocenters. The molecular formula is C14H21N3O. The first-order valence-corrected chi connectivity index (χ1v) is 6.86. The van der Waals surface area contributed by atoms with Gasteiger partial charge in [0.2, 0.25) is 0 Å². The fourth-order valence-electron chi connectivity index (χ4n) is 2.90. The summed E-state index contributed by atoms with van der Waals surface area (Å²) in [5.74, 6) is 0.975. The molecule has 1 aliphatic carbocycles. The number of hydrogen-bond acceptors (Lipinski definition) is 4. The lowest BCUT2D eigenvalue weighted by molar-refractivity contribution is 0.0627. The van der Waals surface area contributed by atoms with Crippen molar-refractivity contribution in [2.45, 2.75) is 37.6 Å². The summed E-state index contributed by atoms with van der Waals surface area (Å²) in [5, 5.41) is 3.56. The molecule has 2 heterocycles. The van der Waals surface area contributed by atoms with E-state index < -0.39 is 0 Å². The van der Waals surface area contributed by atoms with E-state index in [1.54, 1.807) is 0 Å². The van der Waals surface area contributed by atoms with Gasteiger partial charge in [-0.3, -0.25) is 0 Å². The van der Waals surface area contributed by atoms with E-state index in [2.05, 4.69) is 17.4 Å². The van der Waals surface area contributed by atoms with Crippen molar-refractivity contribution >= 4 is 5.82 Å². The summed E-state index contributed by atoms with van der Waals surface area (Å²) in [7, 11) is 0. The summed E-state index contributed by atoms with van der Waals surface area (Å²) >= 11 is 0. The van der Waals surface area contributed by atoms with Gasteiger partial charge in [0.15, 0.2) is 0 Å². The molecule has 4 heteroatoms. The van der Waals surface area contributed by atoms with Crippen LogP contribution in [0.4, 0.5) is 5.82 Å². The van der Waals surface area contributed by atoms with Crippen LogP contribution < -0.4 is 11.1 Å². The van der Waals surface area contributed by atoms with E-state index in [9.17, 15) is 0 Å². The predicted octanol–water partition coefficient (Wildman–Crippen LogP) is 1.49. The third-order valence-electron chi connectivity index (χ3n) is 4.16. The number of rotatable bonds is 3. The summed E-state index contributed by atoms with van der Waals surface area (Å²) in [6.07, 6.45) is 5.45. The summed E-state index contributed by atoms with van der Waals surface area (Å²) in [6, 6.07) is 4.30. The number of hydrogen-bond donors (Lipinski definition) is 2. The minimum Gasteiger partial charge on any atom is -0.381 e. The van der Waals surface area contributed by atoms with Crippen LogP contribution in [0.15, 0.2) is 12.1 Å². The number of ether oxygens (including phenoxy) is 1. The molecule has 1 aromatic rings. The van der Waals surface area contributed by atoms with Crippen molar-refractivity contribution in [1.82, 2.24) is 4.98 Å². The average Bonchev–Trinajstić information content (AvgIpc) is 2.87. The minimum atomic E-state index is -0.0297. The Balaban J connectivity index is 1.78. The van der Waals surface area contributed by atoms with E-state index >= 15 is 0 Å². The summed E-state index contributed by atoms with van der Waals surface area (Å²) in [6.45, 7) is 2.21. The van der Waals surface area contributed by atoms with Gasteiger partial charge in [-0.1, -0.05) is 6.07 Å².